The molecular formula is C23H27NO4. The van der Waals surface area contributed by atoms with E-state index in [2.05, 4.69) is 36.4 Å². The minimum atomic E-state index is -0.989. The molecule has 2 aromatic rings. The Kier molecular flexibility index (Phi) is 5.73. The van der Waals surface area contributed by atoms with Gasteiger partial charge < -0.3 is 9.84 Å². The van der Waals surface area contributed by atoms with E-state index in [-0.39, 0.29) is 5.92 Å². The Morgan fingerprint density at radius 1 is 1.00 bits per heavy atom. The van der Waals surface area contributed by atoms with Crippen molar-refractivity contribution in [1.29, 1.82) is 0 Å². The zero-order chi connectivity index (χ0) is 20.3. The van der Waals surface area contributed by atoms with Crippen LogP contribution in [0.4, 0.5) is 4.79 Å². The lowest BCUT2D eigenvalue weighted by Gasteiger charge is -2.38. The minimum Gasteiger partial charge on any atom is -0.480 e. The zero-order valence-electron chi connectivity index (χ0n) is 16.6. The van der Waals surface area contributed by atoms with Gasteiger partial charge in [-0.2, -0.15) is 0 Å². The predicted molar refractivity (Wildman–Crippen MR) is 108 cm³/mol. The number of ether oxygens (including phenoxy) is 1. The molecule has 0 spiro atoms. The topological polar surface area (TPSA) is 66.8 Å². The van der Waals surface area contributed by atoms with Crippen molar-refractivity contribution in [1.82, 2.24) is 4.90 Å². The van der Waals surface area contributed by atoms with Crippen molar-refractivity contribution in [2.24, 2.45) is 0 Å². The van der Waals surface area contributed by atoms with Crippen molar-refractivity contribution in [3.05, 3.63) is 60.2 Å². The highest BCUT2D eigenvalue weighted by Gasteiger charge is 2.38. The highest BCUT2D eigenvalue weighted by molar-refractivity contribution is 5.80. The van der Waals surface area contributed by atoms with E-state index in [1.54, 1.807) is 20.8 Å². The number of hydrogen-bond acceptors (Lipinski definition) is 3. The maximum absolute atomic E-state index is 12.4. The Morgan fingerprint density at radius 3 is 2.18 bits per heavy atom. The number of carboxylic acid groups (broad SMARTS) is 1. The van der Waals surface area contributed by atoms with Crippen LogP contribution in [-0.4, -0.2) is 40.3 Å². The second kappa shape index (κ2) is 8.05. The van der Waals surface area contributed by atoms with Gasteiger partial charge in [-0.25, -0.2) is 9.59 Å². The largest absolute Gasteiger partial charge is 0.480 e. The average Bonchev–Trinajstić information content (AvgIpc) is 2.67. The van der Waals surface area contributed by atoms with Gasteiger partial charge in [-0.3, -0.25) is 4.90 Å². The third-order valence-corrected chi connectivity index (χ3v) is 5.00. The molecule has 1 aliphatic rings. The summed E-state index contributed by atoms with van der Waals surface area (Å²) in [5, 5.41) is 9.66. The van der Waals surface area contributed by atoms with Crippen LogP contribution >= 0.6 is 0 Å². The summed E-state index contributed by atoms with van der Waals surface area (Å²) in [4.78, 5) is 25.6. The molecule has 5 nitrogen and oxygen atoms in total. The van der Waals surface area contributed by atoms with Crippen molar-refractivity contribution in [3.63, 3.8) is 0 Å². The van der Waals surface area contributed by atoms with Crippen LogP contribution in [-0.2, 0) is 9.53 Å². The third kappa shape index (κ3) is 4.71. The van der Waals surface area contributed by atoms with Gasteiger partial charge in [0.1, 0.15) is 11.6 Å². The van der Waals surface area contributed by atoms with Crippen LogP contribution < -0.4 is 0 Å². The molecule has 0 bridgehead atoms. The Hall–Kier alpha value is -2.82. The van der Waals surface area contributed by atoms with Gasteiger partial charge in [0.15, 0.2) is 0 Å². The molecule has 1 fully saturated rings. The predicted octanol–water partition coefficient (Wildman–Crippen LogP) is 4.92. The normalized spacial score (nSPS) is 19.9. The third-order valence-electron chi connectivity index (χ3n) is 5.00. The fraction of sp³-hybridized carbons (Fsp3) is 0.391. The van der Waals surface area contributed by atoms with Crippen LogP contribution in [0.15, 0.2) is 54.6 Å². The Morgan fingerprint density at radius 2 is 1.61 bits per heavy atom. The fourth-order valence-corrected chi connectivity index (χ4v) is 3.62. The minimum absolute atomic E-state index is 0.101. The fourth-order valence-electron chi connectivity index (χ4n) is 3.62. The van der Waals surface area contributed by atoms with Crippen LogP contribution in [0.25, 0.3) is 11.1 Å². The Bertz CT molecular complexity index is 824. The van der Waals surface area contributed by atoms with Crippen molar-refractivity contribution in [2.45, 2.75) is 51.2 Å². The van der Waals surface area contributed by atoms with Gasteiger partial charge in [0, 0.05) is 6.54 Å². The quantitative estimate of drug-likeness (QED) is 0.819. The number of carbonyl (C=O) groups is 2. The van der Waals surface area contributed by atoms with Gasteiger partial charge in [-0.05, 0) is 56.2 Å². The smallest absolute Gasteiger partial charge is 0.411 e. The molecule has 1 N–H and O–H groups in total. The first-order valence-corrected chi connectivity index (χ1v) is 9.62. The SMILES string of the molecule is CC(C)(C)OC(=O)N1CC[C@H](c2ccc(-c3ccccc3)cc2)C[C@@H]1C(=O)O. The number of benzene rings is 2. The molecule has 0 aromatic heterocycles. The molecule has 2 atom stereocenters. The summed E-state index contributed by atoms with van der Waals surface area (Å²) >= 11 is 0. The van der Waals surface area contributed by atoms with Crippen molar-refractivity contribution in [2.75, 3.05) is 6.54 Å². The average molecular weight is 381 g/mol. The van der Waals surface area contributed by atoms with Gasteiger partial charge in [-0.1, -0.05) is 54.6 Å². The molecule has 1 saturated heterocycles. The molecule has 148 valence electrons. The first-order chi connectivity index (χ1) is 13.2. The summed E-state index contributed by atoms with van der Waals surface area (Å²) < 4.78 is 5.39. The summed E-state index contributed by atoms with van der Waals surface area (Å²) in [5.41, 5.74) is 2.74. The van der Waals surface area contributed by atoms with Crippen LogP contribution in [0.3, 0.4) is 0 Å². The lowest BCUT2D eigenvalue weighted by atomic mass is 9.85. The van der Waals surface area contributed by atoms with Crippen molar-refractivity contribution in [3.8, 4) is 11.1 Å². The van der Waals surface area contributed by atoms with Gasteiger partial charge in [0.2, 0.25) is 0 Å². The summed E-state index contributed by atoms with van der Waals surface area (Å²) in [5.74, 6) is -0.888. The highest BCUT2D eigenvalue weighted by Crippen LogP contribution is 2.33. The summed E-state index contributed by atoms with van der Waals surface area (Å²) in [6.07, 6.45) is 0.547. The second-order valence-electron chi connectivity index (χ2n) is 8.24. The molecule has 1 aliphatic heterocycles. The molecule has 5 heteroatoms. The standard InChI is InChI=1S/C23H27NO4/c1-23(2,3)28-22(27)24-14-13-19(15-20(24)21(25)26)18-11-9-17(10-12-18)16-7-5-4-6-8-16/h4-12,19-20H,13-15H2,1-3H3,(H,25,26)/t19-,20+/m0/s1. The first-order valence-electron chi connectivity index (χ1n) is 9.62. The van der Waals surface area contributed by atoms with E-state index >= 15 is 0 Å². The number of aliphatic carboxylic acids is 1. The van der Waals surface area contributed by atoms with E-state index in [0.717, 1.165) is 16.7 Å². The summed E-state index contributed by atoms with van der Waals surface area (Å²) in [6.45, 7) is 5.71. The molecule has 2 aromatic carbocycles. The van der Waals surface area contributed by atoms with Gasteiger partial charge in [0.05, 0.1) is 0 Å². The maximum atomic E-state index is 12.4. The lowest BCUT2D eigenvalue weighted by molar-refractivity contribution is -0.144. The summed E-state index contributed by atoms with van der Waals surface area (Å²) in [6, 6.07) is 17.5. The molecule has 3 rings (SSSR count). The highest BCUT2D eigenvalue weighted by atomic mass is 16.6. The molecule has 0 unspecified atom stereocenters. The number of carbonyl (C=O) groups excluding carboxylic acids is 1. The Balaban J connectivity index is 1.73. The van der Waals surface area contributed by atoms with Crippen molar-refractivity contribution < 1.29 is 19.4 Å². The monoisotopic (exact) mass is 381 g/mol. The van der Waals surface area contributed by atoms with E-state index in [9.17, 15) is 14.7 Å². The number of likely N-dealkylation sites (tertiary alicyclic amines) is 1. The second-order valence-corrected chi connectivity index (χ2v) is 8.24. The van der Waals surface area contributed by atoms with Crippen LogP contribution in [0.2, 0.25) is 0 Å². The van der Waals surface area contributed by atoms with Crippen LogP contribution in [0.1, 0.15) is 45.1 Å². The molecule has 1 heterocycles. The number of amides is 1. The maximum Gasteiger partial charge on any atom is 0.411 e. The number of nitrogens with zero attached hydrogens (tertiary/aromatic N) is 1. The first kappa shape index (κ1) is 19.9. The zero-order valence-corrected chi connectivity index (χ0v) is 16.6. The lowest BCUT2D eigenvalue weighted by Crippen LogP contribution is -2.51. The van der Waals surface area contributed by atoms with Crippen molar-refractivity contribution >= 4 is 12.1 Å². The summed E-state index contributed by atoms with van der Waals surface area (Å²) in [7, 11) is 0. The Labute approximate surface area is 165 Å². The number of rotatable bonds is 3. The molecule has 0 aliphatic carbocycles. The van der Waals surface area contributed by atoms with E-state index in [4.69, 9.17) is 4.74 Å². The van der Waals surface area contributed by atoms with Gasteiger partial charge >= 0.3 is 12.1 Å². The van der Waals surface area contributed by atoms with Crippen LogP contribution in [0.5, 0.6) is 0 Å². The molecule has 28 heavy (non-hydrogen) atoms. The number of hydrogen-bond donors (Lipinski definition) is 1. The molecular weight excluding hydrogens is 354 g/mol. The van der Waals surface area contributed by atoms with E-state index in [1.165, 1.54) is 4.90 Å². The van der Waals surface area contributed by atoms with Gasteiger partial charge in [-0.15, -0.1) is 0 Å². The molecule has 0 saturated carbocycles. The van der Waals surface area contributed by atoms with E-state index < -0.39 is 23.7 Å². The van der Waals surface area contributed by atoms with Gasteiger partial charge in [0.25, 0.3) is 0 Å². The van der Waals surface area contributed by atoms with E-state index in [0.29, 0.717) is 19.4 Å². The molecule has 0 radical (unpaired) electrons. The van der Waals surface area contributed by atoms with E-state index in [1.807, 2.05) is 18.2 Å². The number of carboxylic acids is 1. The van der Waals surface area contributed by atoms with Crippen LogP contribution in [0, 0.1) is 0 Å². The number of piperidine rings is 1. The molecule has 1 amide bonds.